The fraction of sp³-hybridized carbons (Fsp3) is 0.368. The molecule has 0 saturated carbocycles. The lowest BCUT2D eigenvalue weighted by molar-refractivity contribution is 0.282. The Hall–Kier alpha value is -0.940. The van der Waals surface area contributed by atoms with E-state index >= 15 is 0 Å². The number of aryl methyl sites for hydroxylation is 1. The Labute approximate surface area is 168 Å². The lowest BCUT2D eigenvalue weighted by Gasteiger charge is -2.15. The van der Waals surface area contributed by atoms with Crippen molar-refractivity contribution in [1.29, 1.82) is 0 Å². The SMILES string of the molecule is COc1cc(CCCN(C)C)cc(Br)c1OCc1ccc(Cl)c(Cl)c1. The van der Waals surface area contributed by atoms with Crippen molar-refractivity contribution in [2.75, 3.05) is 27.7 Å². The molecule has 0 aliphatic heterocycles. The predicted octanol–water partition coefficient (Wildman–Crippen LogP) is 5.84. The van der Waals surface area contributed by atoms with Gasteiger partial charge in [-0.3, -0.25) is 0 Å². The Morgan fingerprint density at radius 3 is 2.44 bits per heavy atom. The number of rotatable bonds is 8. The highest BCUT2D eigenvalue weighted by Crippen LogP contribution is 2.37. The summed E-state index contributed by atoms with van der Waals surface area (Å²) in [4.78, 5) is 2.18. The average Bonchev–Trinajstić information content (AvgIpc) is 2.56. The highest BCUT2D eigenvalue weighted by Gasteiger charge is 2.12. The number of benzene rings is 2. The van der Waals surface area contributed by atoms with Crippen LogP contribution in [-0.4, -0.2) is 32.6 Å². The van der Waals surface area contributed by atoms with Crippen molar-refractivity contribution in [2.24, 2.45) is 0 Å². The second-order valence-electron chi connectivity index (χ2n) is 6.05. The van der Waals surface area contributed by atoms with Crippen LogP contribution in [0.2, 0.25) is 10.0 Å². The number of hydrogen-bond donors (Lipinski definition) is 0. The Morgan fingerprint density at radius 1 is 1.04 bits per heavy atom. The molecule has 0 N–H and O–H groups in total. The number of halogens is 3. The van der Waals surface area contributed by atoms with E-state index in [1.165, 1.54) is 5.56 Å². The molecule has 25 heavy (non-hydrogen) atoms. The normalized spacial score (nSPS) is 11.0. The molecule has 3 nitrogen and oxygen atoms in total. The lowest BCUT2D eigenvalue weighted by Crippen LogP contribution is -2.13. The molecule has 0 aliphatic rings. The van der Waals surface area contributed by atoms with Crippen molar-refractivity contribution in [3.63, 3.8) is 0 Å². The zero-order chi connectivity index (χ0) is 18.4. The van der Waals surface area contributed by atoms with Gasteiger partial charge in [0.05, 0.1) is 21.6 Å². The van der Waals surface area contributed by atoms with Gasteiger partial charge in [0.15, 0.2) is 11.5 Å². The lowest BCUT2D eigenvalue weighted by atomic mass is 10.1. The maximum absolute atomic E-state index is 6.05. The standard InChI is InChI=1S/C19H22BrCl2NO2/c1-23(2)8-4-5-13-9-15(20)19(18(11-13)24-3)25-12-14-6-7-16(21)17(22)10-14/h6-7,9-11H,4-5,8,12H2,1-3H3. The Morgan fingerprint density at radius 2 is 1.80 bits per heavy atom. The number of ether oxygens (including phenoxy) is 2. The monoisotopic (exact) mass is 445 g/mol. The summed E-state index contributed by atoms with van der Waals surface area (Å²) in [5.41, 5.74) is 2.16. The van der Waals surface area contributed by atoms with Crippen LogP contribution in [0.25, 0.3) is 0 Å². The molecule has 0 spiro atoms. The van der Waals surface area contributed by atoms with Gasteiger partial charge in [-0.2, -0.15) is 0 Å². The van der Waals surface area contributed by atoms with E-state index in [9.17, 15) is 0 Å². The minimum atomic E-state index is 0.381. The molecule has 0 atom stereocenters. The van der Waals surface area contributed by atoms with Gasteiger partial charge in [0.2, 0.25) is 0 Å². The zero-order valence-electron chi connectivity index (χ0n) is 14.6. The molecule has 0 aromatic heterocycles. The van der Waals surface area contributed by atoms with Gasteiger partial charge >= 0.3 is 0 Å². The van der Waals surface area contributed by atoms with Crippen LogP contribution in [0.15, 0.2) is 34.8 Å². The predicted molar refractivity (Wildman–Crippen MR) is 108 cm³/mol. The summed E-state index contributed by atoms with van der Waals surface area (Å²) in [5, 5.41) is 1.05. The van der Waals surface area contributed by atoms with Crippen molar-refractivity contribution in [2.45, 2.75) is 19.4 Å². The molecule has 2 aromatic carbocycles. The van der Waals surface area contributed by atoms with Gasteiger partial charge in [0.25, 0.3) is 0 Å². The second-order valence-corrected chi connectivity index (χ2v) is 7.72. The molecule has 0 bridgehead atoms. The van der Waals surface area contributed by atoms with Crippen LogP contribution in [0.3, 0.4) is 0 Å². The van der Waals surface area contributed by atoms with Crippen LogP contribution in [0.5, 0.6) is 11.5 Å². The van der Waals surface area contributed by atoms with E-state index in [4.69, 9.17) is 32.7 Å². The van der Waals surface area contributed by atoms with E-state index in [1.54, 1.807) is 19.2 Å². The quantitative estimate of drug-likeness (QED) is 0.508. The first-order valence-electron chi connectivity index (χ1n) is 7.98. The molecule has 0 fully saturated rings. The zero-order valence-corrected chi connectivity index (χ0v) is 17.7. The summed E-state index contributed by atoms with van der Waals surface area (Å²) >= 11 is 15.6. The second kappa shape index (κ2) is 9.67. The largest absolute Gasteiger partial charge is 0.493 e. The maximum atomic E-state index is 6.05. The first-order chi connectivity index (χ1) is 11.9. The number of hydrogen-bond acceptors (Lipinski definition) is 3. The Bertz CT molecular complexity index is 723. The van der Waals surface area contributed by atoms with Crippen LogP contribution in [-0.2, 0) is 13.0 Å². The third kappa shape index (κ3) is 6.07. The smallest absolute Gasteiger partial charge is 0.175 e. The van der Waals surface area contributed by atoms with E-state index in [-0.39, 0.29) is 0 Å². The van der Waals surface area contributed by atoms with Gasteiger partial charge in [-0.15, -0.1) is 0 Å². The van der Waals surface area contributed by atoms with E-state index in [2.05, 4.69) is 41.0 Å². The van der Waals surface area contributed by atoms with E-state index in [0.717, 1.165) is 29.4 Å². The fourth-order valence-corrected chi connectivity index (χ4v) is 3.37. The van der Waals surface area contributed by atoms with Crippen molar-refractivity contribution >= 4 is 39.1 Å². The minimum absolute atomic E-state index is 0.381. The van der Waals surface area contributed by atoms with Gasteiger partial charge in [0.1, 0.15) is 6.61 Å². The minimum Gasteiger partial charge on any atom is -0.493 e. The third-order valence-corrected chi connectivity index (χ3v) is 5.06. The van der Waals surface area contributed by atoms with Crippen LogP contribution < -0.4 is 9.47 Å². The molecule has 0 unspecified atom stereocenters. The molecule has 6 heteroatoms. The summed E-state index contributed by atoms with van der Waals surface area (Å²) in [6, 6.07) is 9.58. The van der Waals surface area contributed by atoms with Crippen LogP contribution in [0, 0.1) is 0 Å². The molecule has 2 aromatic rings. The van der Waals surface area contributed by atoms with Gasteiger partial charge in [-0.05, 0) is 84.8 Å². The molecule has 2 rings (SSSR count). The Kier molecular flexibility index (Phi) is 7.88. The van der Waals surface area contributed by atoms with Gasteiger partial charge in [-0.25, -0.2) is 0 Å². The van der Waals surface area contributed by atoms with Crippen molar-refractivity contribution in [3.8, 4) is 11.5 Å². The molecule has 0 amide bonds. The molecule has 0 saturated heterocycles. The highest BCUT2D eigenvalue weighted by molar-refractivity contribution is 9.10. The number of methoxy groups -OCH3 is 1. The van der Waals surface area contributed by atoms with E-state index in [0.29, 0.717) is 28.2 Å². The summed E-state index contributed by atoms with van der Waals surface area (Å²) in [6.45, 7) is 1.43. The first kappa shape index (κ1) is 20.4. The van der Waals surface area contributed by atoms with Crippen LogP contribution >= 0.6 is 39.1 Å². The highest BCUT2D eigenvalue weighted by atomic mass is 79.9. The summed E-state index contributed by atoms with van der Waals surface area (Å²) in [5.74, 6) is 1.40. The average molecular weight is 447 g/mol. The van der Waals surface area contributed by atoms with Crippen molar-refractivity contribution in [3.05, 3.63) is 56.0 Å². The summed E-state index contributed by atoms with van der Waals surface area (Å²) in [7, 11) is 5.81. The summed E-state index contributed by atoms with van der Waals surface area (Å²) < 4.78 is 12.3. The Balaban J connectivity index is 2.10. The topological polar surface area (TPSA) is 21.7 Å². The van der Waals surface area contributed by atoms with Gasteiger partial charge in [0, 0.05) is 0 Å². The molecule has 136 valence electrons. The van der Waals surface area contributed by atoms with Crippen LogP contribution in [0.4, 0.5) is 0 Å². The van der Waals surface area contributed by atoms with Crippen LogP contribution in [0.1, 0.15) is 17.5 Å². The van der Waals surface area contributed by atoms with E-state index in [1.807, 2.05) is 12.1 Å². The van der Waals surface area contributed by atoms with E-state index < -0.39 is 0 Å². The molecule has 0 radical (unpaired) electrons. The molecule has 0 aliphatic carbocycles. The molecular weight excluding hydrogens is 425 g/mol. The van der Waals surface area contributed by atoms with Gasteiger partial charge in [-0.1, -0.05) is 29.3 Å². The van der Waals surface area contributed by atoms with Gasteiger partial charge < -0.3 is 14.4 Å². The van der Waals surface area contributed by atoms with Crippen molar-refractivity contribution in [1.82, 2.24) is 4.90 Å². The summed E-state index contributed by atoms with van der Waals surface area (Å²) in [6.07, 6.45) is 2.08. The fourth-order valence-electron chi connectivity index (χ4n) is 2.44. The number of nitrogens with zero attached hydrogens (tertiary/aromatic N) is 1. The molecule has 0 heterocycles. The molecular formula is C19H22BrCl2NO2. The first-order valence-corrected chi connectivity index (χ1v) is 9.53. The maximum Gasteiger partial charge on any atom is 0.175 e. The van der Waals surface area contributed by atoms with Crippen molar-refractivity contribution < 1.29 is 9.47 Å². The third-order valence-electron chi connectivity index (χ3n) is 3.73.